The maximum atomic E-state index is 12.7. The van der Waals surface area contributed by atoms with Gasteiger partial charge in [0.1, 0.15) is 0 Å². The number of rotatable bonds is 7. The molecular formula is C21H21N3O5S. The Kier molecular flexibility index (Phi) is 6.08. The highest BCUT2D eigenvalue weighted by atomic mass is 32.2. The number of fused-ring (bicyclic) bond motifs is 1. The van der Waals surface area contributed by atoms with E-state index in [1.807, 2.05) is 18.2 Å². The van der Waals surface area contributed by atoms with Gasteiger partial charge in [-0.3, -0.25) is 14.4 Å². The smallest absolute Gasteiger partial charge is 0.281 e. The first-order valence-corrected chi connectivity index (χ1v) is 10.6. The molecule has 0 unspecified atom stereocenters. The first-order chi connectivity index (χ1) is 14.6. The normalized spacial score (nSPS) is 14.7. The molecule has 2 N–H and O–H groups in total. The number of amides is 3. The SMILES string of the molecule is O=C(CCN1CCSC1=O)Nc1ccccc1C(=O)NCc1ccc2c(c1)OCO2. The standard InChI is InChI=1S/C21H21N3O5S/c25-19(7-8-24-9-10-30-21(24)27)23-16-4-2-1-3-15(16)20(26)22-12-14-5-6-17-18(11-14)29-13-28-17/h1-6,11H,7-10,12-13H2,(H,22,26)(H,23,25). The lowest BCUT2D eigenvalue weighted by Gasteiger charge is -2.15. The van der Waals surface area contributed by atoms with Gasteiger partial charge in [0.05, 0.1) is 11.3 Å². The van der Waals surface area contributed by atoms with Crippen LogP contribution in [-0.4, -0.2) is 47.6 Å². The average Bonchev–Trinajstić information content (AvgIpc) is 3.39. The van der Waals surface area contributed by atoms with Gasteiger partial charge in [-0.05, 0) is 29.8 Å². The molecule has 0 bridgehead atoms. The van der Waals surface area contributed by atoms with Crippen molar-refractivity contribution in [2.45, 2.75) is 13.0 Å². The highest BCUT2D eigenvalue weighted by molar-refractivity contribution is 8.13. The Bertz CT molecular complexity index is 981. The molecule has 4 rings (SSSR count). The highest BCUT2D eigenvalue weighted by Crippen LogP contribution is 2.32. The number of nitrogens with one attached hydrogen (secondary N) is 2. The number of nitrogens with zero attached hydrogens (tertiary/aromatic N) is 1. The Morgan fingerprint density at radius 1 is 1.10 bits per heavy atom. The maximum absolute atomic E-state index is 12.7. The molecule has 3 amide bonds. The van der Waals surface area contributed by atoms with E-state index in [-0.39, 0.29) is 30.3 Å². The van der Waals surface area contributed by atoms with Gasteiger partial charge in [-0.2, -0.15) is 0 Å². The quantitative estimate of drug-likeness (QED) is 0.705. The summed E-state index contributed by atoms with van der Waals surface area (Å²) in [6.07, 6.45) is 0.180. The molecule has 8 nitrogen and oxygen atoms in total. The zero-order valence-electron chi connectivity index (χ0n) is 16.2. The first-order valence-electron chi connectivity index (χ1n) is 9.57. The van der Waals surface area contributed by atoms with Crippen molar-refractivity contribution >= 4 is 34.5 Å². The second-order valence-electron chi connectivity index (χ2n) is 6.82. The Hall–Kier alpha value is -3.20. The minimum Gasteiger partial charge on any atom is -0.454 e. The van der Waals surface area contributed by atoms with Crippen LogP contribution in [0.4, 0.5) is 10.5 Å². The van der Waals surface area contributed by atoms with Crippen LogP contribution in [0.1, 0.15) is 22.3 Å². The monoisotopic (exact) mass is 427 g/mol. The van der Waals surface area contributed by atoms with Crippen molar-refractivity contribution in [3.05, 3.63) is 53.6 Å². The third-order valence-electron chi connectivity index (χ3n) is 4.79. The van der Waals surface area contributed by atoms with E-state index in [0.29, 0.717) is 42.4 Å². The molecule has 30 heavy (non-hydrogen) atoms. The van der Waals surface area contributed by atoms with Crippen LogP contribution in [0.3, 0.4) is 0 Å². The second-order valence-corrected chi connectivity index (χ2v) is 7.86. The molecule has 0 aliphatic carbocycles. The Balaban J connectivity index is 1.34. The van der Waals surface area contributed by atoms with Crippen molar-refractivity contribution in [1.29, 1.82) is 0 Å². The van der Waals surface area contributed by atoms with Gasteiger partial charge in [-0.15, -0.1) is 0 Å². The van der Waals surface area contributed by atoms with E-state index in [4.69, 9.17) is 9.47 Å². The predicted octanol–water partition coefficient (Wildman–Crippen LogP) is 2.84. The van der Waals surface area contributed by atoms with E-state index >= 15 is 0 Å². The van der Waals surface area contributed by atoms with E-state index in [2.05, 4.69) is 10.6 Å². The second kappa shape index (κ2) is 9.08. The summed E-state index contributed by atoms with van der Waals surface area (Å²) in [5.74, 6) is 1.56. The van der Waals surface area contributed by atoms with Crippen molar-refractivity contribution < 1.29 is 23.9 Å². The minimum absolute atomic E-state index is 0.00564. The van der Waals surface area contributed by atoms with E-state index in [0.717, 1.165) is 11.3 Å². The molecule has 156 valence electrons. The molecule has 2 aliphatic rings. The van der Waals surface area contributed by atoms with E-state index in [1.54, 1.807) is 29.2 Å². The number of carbonyl (C=O) groups excluding carboxylic acids is 3. The summed E-state index contributed by atoms with van der Waals surface area (Å²) in [5.41, 5.74) is 1.69. The molecule has 2 aliphatic heterocycles. The van der Waals surface area contributed by atoms with Crippen LogP contribution >= 0.6 is 11.8 Å². The lowest BCUT2D eigenvalue weighted by molar-refractivity contribution is -0.116. The number of hydrogen-bond donors (Lipinski definition) is 2. The zero-order valence-corrected chi connectivity index (χ0v) is 17.0. The Morgan fingerprint density at radius 2 is 1.93 bits per heavy atom. The molecular weight excluding hydrogens is 406 g/mol. The van der Waals surface area contributed by atoms with Gasteiger partial charge in [0.25, 0.3) is 11.1 Å². The van der Waals surface area contributed by atoms with Crippen LogP contribution in [0.15, 0.2) is 42.5 Å². The number of para-hydroxylation sites is 1. The third kappa shape index (κ3) is 4.68. The summed E-state index contributed by atoms with van der Waals surface area (Å²) in [6, 6.07) is 12.3. The maximum Gasteiger partial charge on any atom is 0.281 e. The summed E-state index contributed by atoms with van der Waals surface area (Å²) in [6.45, 7) is 1.54. The van der Waals surface area contributed by atoms with Crippen molar-refractivity contribution in [2.24, 2.45) is 0 Å². The minimum atomic E-state index is -0.297. The topological polar surface area (TPSA) is 97.0 Å². The van der Waals surface area contributed by atoms with Gasteiger partial charge in [0.2, 0.25) is 12.7 Å². The Morgan fingerprint density at radius 3 is 2.77 bits per heavy atom. The largest absolute Gasteiger partial charge is 0.454 e. The number of hydrogen-bond acceptors (Lipinski definition) is 6. The predicted molar refractivity (Wildman–Crippen MR) is 113 cm³/mol. The van der Waals surface area contributed by atoms with Crippen LogP contribution in [-0.2, 0) is 11.3 Å². The van der Waals surface area contributed by atoms with Crippen LogP contribution in [0.25, 0.3) is 0 Å². The first kappa shape index (κ1) is 20.1. The molecule has 1 saturated heterocycles. The fraction of sp³-hybridized carbons (Fsp3) is 0.286. The van der Waals surface area contributed by atoms with Crippen LogP contribution in [0.2, 0.25) is 0 Å². The van der Waals surface area contributed by atoms with Gasteiger partial charge in [0, 0.05) is 31.8 Å². The summed E-state index contributed by atoms with van der Waals surface area (Å²) >= 11 is 1.27. The van der Waals surface area contributed by atoms with Crippen molar-refractivity contribution in [3.63, 3.8) is 0 Å². The fourth-order valence-corrected chi connectivity index (χ4v) is 4.05. The highest BCUT2D eigenvalue weighted by Gasteiger charge is 2.22. The molecule has 2 heterocycles. The molecule has 0 radical (unpaired) electrons. The van der Waals surface area contributed by atoms with Crippen molar-refractivity contribution in [2.75, 3.05) is 31.0 Å². The molecule has 0 aromatic heterocycles. The zero-order chi connectivity index (χ0) is 20.9. The van der Waals surface area contributed by atoms with E-state index in [1.165, 1.54) is 11.8 Å². The summed E-state index contributed by atoms with van der Waals surface area (Å²) < 4.78 is 10.6. The number of benzene rings is 2. The molecule has 2 aromatic carbocycles. The summed E-state index contributed by atoms with van der Waals surface area (Å²) in [7, 11) is 0. The molecule has 0 atom stereocenters. The lowest BCUT2D eigenvalue weighted by Crippen LogP contribution is -2.28. The number of anilines is 1. The number of ether oxygens (including phenoxy) is 2. The average molecular weight is 427 g/mol. The lowest BCUT2D eigenvalue weighted by atomic mass is 10.1. The third-order valence-corrected chi connectivity index (χ3v) is 5.68. The number of carbonyl (C=O) groups is 3. The molecule has 0 spiro atoms. The molecule has 9 heteroatoms. The number of thioether (sulfide) groups is 1. The molecule has 0 saturated carbocycles. The van der Waals surface area contributed by atoms with Gasteiger partial charge in [0.15, 0.2) is 11.5 Å². The van der Waals surface area contributed by atoms with E-state index < -0.39 is 0 Å². The van der Waals surface area contributed by atoms with Gasteiger partial charge >= 0.3 is 0 Å². The summed E-state index contributed by atoms with van der Waals surface area (Å²) in [4.78, 5) is 38.3. The van der Waals surface area contributed by atoms with E-state index in [9.17, 15) is 14.4 Å². The van der Waals surface area contributed by atoms with Crippen LogP contribution in [0.5, 0.6) is 11.5 Å². The van der Waals surface area contributed by atoms with Gasteiger partial charge < -0.3 is 25.0 Å². The van der Waals surface area contributed by atoms with Gasteiger partial charge in [-0.25, -0.2) is 0 Å². The summed E-state index contributed by atoms with van der Waals surface area (Å²) in [5, 5.41) is 5.65. The van der Waals surface area contributed by atoms with Crippen LogP contribution < -0.4 is 20.1 Å². The van der Waals surface area contributed by atoms with Gasteiger partial charge in [-0.1, -0.05) is 30.0 Å². The molecule has 1 fully saturated rings. The molecule has 2 aromatic rings. The fourth-order valence-electron chi connectivity index (χ4n) is 3.20. The van der Waals surface area contributed by atoms with Crippen molar-refractivity contribution in [1.82, 2.24) is 10.2 Å². The van der Waals surface area contributed by atoms with Crippen LogP contribution in [0, 0.1) is 0 Å². The van der Waals surface area contributed by atoms with Crippen molar-refractivity contribution in [3.8, 4) is 11.5 Å². The Labute approximate surface area is 177 Å².